The van der Waals surface area contributed by atoms with E-state index in [9.17, 15) is 0 Å². The molecule has 0 bridgehead atoms. The smallest absolute Gasteiger partial charge is 0.132 e. The number of aromatic nitrogens is 2. The van der Waals surface area contributed by atoms with Crippen molar-refractivity contribution in [1.29, 1.82) is 0 Å². The van der Waals surface area contributed by atoms with E-state index >= 15 is 0 Å². The van der Waals surface area contributed by atoms with Crippen molar-refractivity contribution in [3.63, 3.8) is 0 Å². The van der Waals surface area contributed by atoms with Gasteiger partial charge in [-0.3, -0.25) is 0 Å². The lowest BCUT2D eigenvalue weighted by molar-refractivity contribution is 0.733. The van der Waals surface area contributed by atoms with Crippen molar-refractivity contribution in [3.05, 3.63) is 18.1 Å². The molecule has 0 aliphatic rings. The molecule has 0 saturated carbocycles. The van der Waals surface area contributed by atoms with Crippen LogP contribution in [0.15, 0.2) is 12.4 Å². The van der Waals surface area contributed by atoms with Crippen LogP contribution >= 0.6 is 0 Å². The second-order valence-corrected chi connectivity index (χ2v) is 4.16. The summed E-state index contributed by atoms with van der Waals surface area (Å²) in [5.41, 5.74) is 1.10. The fourth-order valence-electron chi connectivity index (χ4n) is 1.13. The number of hydrogen-bond donors (Lipinski definition) is 0. The number of anilines is 1. The molecule has 78 valence electrons. The van der Waals surface area contributed by atoms with Gasteiger partial charge in [0.2, 0.25) is 0 Å². The predicted molar refractivity (Wildman–Crippen MR) is 59.7 cm³/mol. The third-order valence-corrected chi connectivity index (χ3v) is 2.40. The lowest BCUT2D eigenvalue weighted by Crippen LogP contribution is -2.26. The first-order chi connectivity index (χ1) is 6.52. The standard InChI is InChI=1S/C11H19N3/c1-8(2)10-6-11(13-7-12-10)14(5)9(3)4/h6-9H,1-5H3. The molecular weight excluding hydrogens is 174 g/mol. The zero-order chi connectivity index (χ0) is 10.7. The molecule has 3 heteroatoms. The summed E-state index contributed by atoms with van der Waals surface area (Å²) < 4.78 is 0. The summed E-state index contributed by atoms with van der Waals surface area (Å²) >= 11 is 0. The molecule has 1 heterocycles. The molecule has 0 atom stereocenters. The van der Waals surface area contributed by atoms with Gasteiger partial charge in [0.15, 0.2) is 0 Å². The maximum absolute atomic E-state index is 4.26. The van der Waals surface area contributed by atoms with Crippen LogP contribution in [0, 0.1) is 0 Å². The fourth-order valence-corrected chi connectivity index (χ4v) is 1.13. The van der Waals surface area contributed by atoms with Crippen molar-refractivity contribution >= 4 is 5.82 Å². The second-order valence-electron chi connectivity index (χ2n) is 4.16. The highest BCUT2D eigenvalue weighted by molar-refractivity contribution is 5.39. The van der Waals surface area contributed by atoms with Crippen LogP contribution in [-0.4, -0.2) is 23.1 Å². The maximum atomic E-state index is 4.26. The summed E-state index contributed by atoms with van der Waals surface area (Å²) in [5, 5.41) is 0. The third kappa shape index (κ3) is 2.44. The molecule has 0 saturated heterocycles. The molecule has 14 heavy (non-hydrogen) atoms. The van der Waals surface area contributed by atoms with Crippen molar-refractivity contribution in [1.82, 2.24) is 9.97 Å². The summed E-state index contributed by atoms with van der Waals surface area (Å²) in [5.74, 6) is 1.45. The Hall–Kier alpha value is -1.12. The van der Waals surface area contributed by atoms with Crippen molar-refractivity contribution in [2.45, 2.75) is 39.7 Å². The molecule has 0 aliphatic heterocycles. The average molecular weight is 193 g/mol. The fraction of sp³-hybridized carbons (Fsp3) is 0.636. The van der Waals surface area contributed by atoms with Crippen LogP contribution in [0.25, 0.3) is 0 Å². The van der Waals surface area contributed by atoms with E-state index in [1.54, 1.807) is 6.33 Å². The van der Waals surface area contributed by atoms with Crippen LogP contribution in [-0.2, 0) is 0 Å². The van der Waals surface area contributed by atoms with E-state index in [0.717, 1.165) is 11.5 Å². The van der Waals surface area contributed by atoms with Gasteiger partial charge in [-0.25, -0.2) is 9.97 Å². The molecule has 3 nitrogen and oxygen atoms in total. The Kier molecular flexibility index (Phi) is 3.44. The van der Waals surface area contributed by atoms with Gasteiger partial charge >= 0.3 is 0 Å². The Morgan fingerprint density at radius 2 is 1.79 bits per heavy atom. The zero-order valence-corrected chi connectivity index (χ0v) is 9.65. The molecule has 0 unspecified atom stereocenters. The van der Waals surface area contributed by atoms with Crippen molar-refractivity contribution in [2.75, 3.05) is 11.9 Å². The summed E-state index contributed by atoms with van der Waals surface area (Å²) in [7, 11) is 2.05. The zero-order valence-electron chi connectivity index (χ0n) is 9.65. The van der Waals surface area contributed by atoms with Crippen LogP contribution in [0.2, 0.25) is 0 Å². The second kappa shape index (κ2) is 4.40. The summed E-state index contributed by atoms with van der Waals surface area (Å²) in [6.45, 7) is 8.58. The Bertz CT molecular complexity index is 294. The van der Waals surface area contributed by atoms with Gasteiger partial charge in [-0.15, -0.1) is 0 Å². The Balaban J connectivity index is 2.93. The number of hydrogen-bond acceptors (Lipinski definition) is 3. The molecule has 0 fully saturated rings. The van der Waals surface area contributed by atoms with Gasteiger partial charge < -0.3 is 4.90 Å². The minimum atomic E-state index is 0.456. The van der Waals surface area contributed by atoms with Crippen LogP contribution in [0.3, 0.4) is 0 Å². The molecule has 0 amide bonds. The van der Waals surface area contributed by atoms with Gasteiger partial charge in [0, 0.05) is 24.8 Å². The van der Waals surface area contributed by atoms with E-state index in [2.05, 4.69) is 55.7 Å². The molecule has 0 spiro atoms. The van der Waals surface area contributed by atoms with Gasteiger partial charge in [-0.05, 0) is 19.8 Å². The van der Waals surface area contributed by atoms with E-state index in [1.165, 1.54) is 0 Å². The first-order valence-electron chi connectivity index (χ1n) is 5.07. The largest absolute Gasteiger partial charge is 0.357 e. The highest BCUT2D eigenvalue weighted by Gasteiger charge is 2.08. The Morgan fingerprint density at radius 3 is 2.29 bits per heavy atom. The van der Waals surface area contributed by atoms with E-state index in [0.29, 0.717) is 12.0 Å². The van der Waals surface area contributed by atoms with Crippen LogP contribution < -0.4 is 4.90 Å². The minimum absolute atomic E-state index is 0.456. The minimum Gasteiger partial charge on any atom is -0.357 e. The normalized spacial score (nSPS) is 11.1. The predicted octanol–water partition coefficient (Wildman–Crippen LogP) is 2.44. The first kappa shape index (κ1) is 11.0. The molecule has 0 aromatic carbocycles. The maximum Gasteiger partial charge on any atom is 0.132 e. The van der Waals surface area contributed by atoms with Gasteiger partial charge in [0.05, 0.1) is 0 Å². The molecule has 0 N–H and O–H groups in total. The summed E-state index contributed by atoms with van der Waals surface area (Å²) in [6.07, 6.45) is 1.64. The number of nitrogens with zero attached hydrogens (tertiary/aromatic N) is 3. The molecule has 1 aromatic heterocycles. The molecule has 1 aromatic rings. The highest BCUT2D eigenvalue weighted by atomic mass is 15.2. The molecular formula is C11H19N3. The molecule has 0 aliphatic carbocycles. The van der Waals surface area contributed by atoms with Crippen molar-refractivity contribution in [2.24, 2.45) is 0 Å². The molecule has 0 radical (unpaired) electrons. The van der Waals surface area contributed by atoms with Crippen molar-refractivity contribution < 1.29 is 0 Å². The van der Waals surface area contributed by atoms with Crippen LogP contribution in [0.5, 0.6) is 0 Å². The van der Waals surface area contributed by atoms with Crippen LogP contribution in [0.1, 0.15) is 39.3 Å². The first-order valence-corrected chi connectivity index (χ1v) is 5.07. The molecule has 1 rings (SSSR count). The van der Waals surface area contributed by atoms with E-state index in [-0.39, 0.29) is 0 Å². The SMILES string of the molecule is CC(C)c1cc(N(C)C(C)C)ncn1. The van der Waals surface area contributed by atoms with Gasteiger partial charge in [0.1, 0.15) is 12.1 Å². The Labute approximate surface area is 86.2 Å². The quantitative estimate of drug-likeness (QED) is 0.738. The summed E-state index contributed by atoms with van der Waals surface area (Å²) in [4.78, 5) is 10.6. The van der Waals surface area contributed by atoms with Gasteiger partial charge in [0.25, 0.3) is 0 Å². The average Bonchev–Trinajstić information content (AvgIpc) is 2.16. The van der Waals surface area contributed by atoms with E-state index in [4.69, 9.17) is 0 Å². The topological polar surface area (TPSA) is 29.0 Å². The number of rotatable bonds is 3. The van der Waals surface area contributed by atoms with Gasteiger partial charge in [-0.2, -0.15) is 0 Å². The lowest BCUT2D eigenvalue weighted by atomic mass is 10.1. The van der Waals surface area contributed by atoms with Crippen LogP contribution in [0.4, 0.5) is 5.82 Å². The monoisotopic (exact) mass is 193 g/mol. The van der Waals surface area contributed by atoms with E-state index < -0.39 is 0 Å². The van der Waals surface area contributed by atoms with E-state index in [1.807, 2.05) is 0 Å². The highest BCUT2D eigenvalue weighted by Crippen LogP contribution is 2.17. The Morgan fingerprint density at radius 1 is 1.14 bits per heavy atom. The van der Waals surface area contributed by atoms with Gasteiger partial charge in [-0.1, -0.05) is 13.8 Å². The van der Waals surface area contributed by atoms with Crippen molar-refractivity contribution in [3.8, 4) is 0 Å². The lowest BCUT2D eigenvalue weighted by Gasteiger charge is -2.22. The summed E-state index contributed by atoms with van der Waals surface area (Å²) in [6, 6.07) is 2.52. The third-order valence-electron chi connectivity index (χ3n) is 2.40.